The summed E-state index contributed by atoms with van der Waals surface area (Å²) in [6.07, 6.45) is 0.872. The number of hydrogen-bond donors (Lipinski definition) is 1. The molecule has 0 amide bonds. The highest BCUT2D eigenvalue weighted by Crippen LogP contribution is 2.14. The summed E-state index contributed by atoms with van der Waals surface area (Å²) >= 11 is 11.3. The number of benzene rings is 1. The number of nitrogens with one attached hydrogen (secondary N) is 1. The summed E-state index contributed by atoms with van der Waals surface area (Å²) in [5.41, 5.74) is 0.626. The van der Waals surface area contributed by atoms with E-state index in [1.54, 1.807) is 12.1 Å². The maximum absolute atomic E-state index is 13.3. The second-order valence-electron chi connectivity index (χ2n) is 3.50. The highest BCUT2D eigenvalue weighted by molar-refractivity contribution is 6.30. The fourth-order valence-corrected chi connectivity index (χ4v) is 1.70. The zero-order valence-electron chi connectivity index (χ0n) is 8.56. The predicted molar refractivity (Wildman–Crippen MR) is 63.0 cm³/mol. The minimum Gasteiger partial charge on any atom is -0.310 e. The van der Waals surface area contributed by atoms with E-state index in [2.05, 4.69) is 5.32 Å². The topological polar surface area (TPSA) is 12.0 Å². The van der Waals surface area contributed by atoms with Crippen molar-refractivity contribution in [3.05, 3.63) is 34.6 Å². The van der Waals surface area contributed by atoms with E-state index < -0.39 is 0 Å². The molecule has 0 radical (unpaired) electrons. The number of rotatable bonds is 5. The molecule has 0 aliphatic heterocycles. The van der Waals surface area contributed by atoms with Gasteiger partial charge in [0, 0.05) is 29.1 Å². The maximum atomic E-state index is 13.3. The van der Waals surface area contributed by atoms with Gasteiger partial charge in [-0.05, 0) is 25.5 Å². The van der Waals surface area contributed by atoms with E-state index >= 15 is 0 Å². The van der Waals surface area contributed by atoms with E-state index in [9.17, 15) is 4.39 Å². The van der Waals surface area contributed by atoms with Crippen LogP contribution in [0.1, 0.15) is 18.9 Å². The molecular weight excluding hydrogens is 236 g/mol. The van der Waals surface area contributed by atoms with Gasteiger partial charge in [-0.2, -0.15) is 0 Å². The van der Waals surface area contributed by atoms with Crippen LogP contribution in [0.4, 0.5) is 4.39 Å². The third-order valence-corrected chi connectivity index (χ3v) is 2.65. The van der Waals surface area contributed by atoms with Crippen molar-refractivity contribution in [2.45, 2.75) is 25.9 Å². The van der Waals surface area contributed by atoms with Crippen molar-refractivity contribution in [2.24, 2.45) is 0 Å². The van der Waals surface area contributed by atoms with Crippen molar-refractivity contribution in [2.75, 3.05) is 5.88 Å². The third-order valence-electron chi connectivity index (χ3n) is 2.20. The van der Waals surface area contributed by atoms with Crippen LogP contribution in [0.2, 0.25) is 5.02 Å². The summed E-state index contributed by atoms with van der Waals surface area (Å²) in [6.45, 7) is 2.53. The first-order valence-electron chi connectivity index (χ1n) is 4.86. The van der Waals surface area contributed by atoms with Crippen LogP contribution >= 0.6 is 23.2 Å². The molecule has 1 rings (SSSR count). The van der Waals surface area contributed by atoms with Gasteiger partial charge in [-0.25, -0.2) is 4.39 Å². The van der Waals surface area contributed by atoms with Crippen LogP contribution in [0, 0.1) is 5.82 Å². The smallest absolute Gasteiger partial charge is 0.129 e. The van der Waals surface area contributed by atoms with Crippen molar-refractivity contribution in [1.29, 1.82) is 0 Å². The molecular formula is C11H14Cl2FN. The molecule has 1 N–H and O–H groups in total. The van der Waals surface area contributed by atoms with Gasteiger partial charge in [-0.3, -0.25) is 0 Å². The van der Waals surface area contributed by atoms with Gasteiger partial charge in [0.2, 0.25) is 0 Å². The van der Waals surface area contributed by atoms with E-state index in [1.807, 2.05) is 6.92 Å². The zero-order valence-corrected chi connectivity index (χ0v) is 10.1. The van der Waals surface area contributed by atoms with E-state index in [0.29, 0.717) is 23.0 Å². The largest absolute Gasteiger partial charge is 0.310 e. The Hall–Kier alpha value is -0.310. The molecule has 1 aromatic carbocycles. The first-order valence-corrected chi connectivity index (χ1v) is 5.78. The standard InChI is InChI=1S/C11H14Cl2FN/c1-8(4-5-12)15-7-9-2-3-10(13)6-11(9)14/h2-3,6,8,15H,4-5,7H2,1H3. The molecule has 84 valence electrons. The maximum Gasteiger partial charge on any atom is 0.129 e. The summed E-state index contributed by atoms with van der Waals surface area (Å²) in [5, 5.41) is 3.61. The quantitative estimate of drug-likeness (QED) is 0.787. The van der Waals surface area contributed by atoms with Crippen molar-refractivity contribution >= 4 is 23.2 Å². The summed E-state index contributed by atoms with van der Waals surface area (Å²) in [7, 11) is 0. The van der Waals surface area contributed by atoms with Gasteiger partial charge in [0.05, 0.1) is 0 Å². The van der Waals surface area contributed by atoms with Gasteiger partial charge >= 0.3 is 0 Å². The van der Waals surface area contributed by atoms with Gasteiger partial charge in [-0.15, -0.1) is 11.6 Å². The Morgan fingerprint density at radius 3 is 2.80 bits per heavy atom. The van der Waals surface area contributed by atoms with Gasteiger partial charge in [-0.1, -0.05) is 17.7 Å². The van der Waals surface area contributed by atoms with Gasteiger partial charge in [0.1, 0.15) is 5.82 Å². The molecule has 0 saturated carbocycles. The highest BCUT2D eigenvalue weighted by atomic mass is 35.5. The molecule has 1 atom stereocenters. The Morgan fingerprint density at radius 1 is 1.47 bits per heavy atom. The van der Waals surface area contributed by atoms with Gasteiger partial charge in [0.25, 0.3) is 0 Å². The molecule has 0 aromatic heterocycles. The van der Waals surface area contributed by atoms with E-state index in [-0.39, 0.29) is 11.9 Å². The summed E-state index contributed by atoms with van der Waals surface area (Å²) in [6, 6.07) is 4.99. The van der Waals surface area contributed by atoms with E-state index in [4.69, 9.17) is 23.2 Å². The fourth-order valence-electron chi connectivity index (χ4n) is 1.21. The second kappa shape index (κ2) is 6.31. The molecule has 1 nitrogen and oxygen atoms in total. The Bertz CT molecular complexity index is 317. The van der Waals surface area contributed by atoms with Crippen LogP contribution in [0.3, 0.4) is 0 Å². The average Bonchev–Trinajstić information content (AvgIpc) is 2.17. The van der Waals surface area contributed by atoms with Crippen molar-refractivity contribution in [3.63, 3.8) is 0 Å². The lowest BCUT2D eigenvalue weighted by Gasteiger charge is -2.12. The Labute approximate surface area is 99.6 Å². The normalized spacial score (nSPS) is 12.8. The van der Waals surface area contributed by atoms with Crippen LogP contribution in [0.5, 0.6) is 0 Å². The first kappa shape index (κ1) is 12.8. The highest BCUT2D eigenvalue weighted by Gasteiger charge is 2.05. The summed E-state index contributed by atoms with van der Waals surface area (Å²) in [5.74, 6) is 0.338. The molecule has 0 heterocycles. The molecule has 0 fully saturated rings. The molecule has 0 aliphatic carbocycles. The average molecular weight is 250 g/mol. The number of halogens is 3. The Morgan fingerprint density at radius 2 is 2.20 bits per heavy atom. The molecule has 0 spiro atoms. The van der Waals surface area contributed by atoms with Crippen molar-refractivity contribution < 1.29 is 4.39 Å². The number of alkyl halides is 1. The first-order chi connectivity index (χ1) is 7.13. The summed E-state index contributed by atoms with van der Waals surface area (Å²) in [4.78, 5) is 0. The molecule has 4 heteroatoms. The fraction of sp³-hybridized carbons (Fsp3) is 0.455. The molecule has 1 aromatic rings. The Balaban J connectivity index is 2.50. The van der Waals surface area contributed by atoms with Crippen LogP contribution in [0.15, 0.2) is 18.2 Å². The lowest BCUT2D eigenvalue weighted by molar-refractivity contribution is 0.518. The Kier molecular flexibility index (Phi) is 5.37. The molecule has 0 aliphatic rings. The molecule has 0 saturated heterocycles. The monoisotopic (exact) mass is 249 g/mol. The minimum atomic E-state index is -0.270. The van der Waals surface area contributed by atoms with E-state index in [1.165, 1.54) is 6.07 Å². The molecule has 0 bridgehead atoms. The SMILES string of the molecule is CC(CCCl)NCc1ccc(Cl)cc1F. The predicted octanol–water partition coefficient (Wildman–Crippen LogP) is 3.59. The van der Waals surface area contributed by atoms with Crippen LogP contribution in [-0.4, -0.2) is 11.9 Å². The second-order valence-corrected chi connectivity index (χ2v) is 4.31. The number of hydrogen-bond acceptors (Lipinski definition) is 1. The molecule has 1 unspecified atom stereocenters. The lowest BCUT2D eigenvalue weighted by atomic mass is 10.2. The van der Waals surface area contributed by atoms with Crippen LogP contribution in [0.25, 0.3) is 0 Å². The lowest BCUT2D eigenvalue weighted by Crippen LogP contribution is -2.26. The molecule has 15 heavy (non-hydrogen) atoms. The van der Waals surface area contributed by atoms with E-state index in [0.717, 1.165) is 6.42 Å². The minimum absolute atomic E-state index is 0.270. The van der Waals surface area contributed by atoms with Crippen molar-refractivity contribution in [1.82, 2.24) is 5.32 Å². The van der Waals surface area contributed by atoms with Crippen LogP contribution in [-0.2, 0) is 6.54 Å². The van der Waals surface area contributed by atoms with Crippen LogP contribution < -0.4 is 5.32 Å². The van der Waals surface area contributed by atoms with Gasteiger partial charge < -0.3 is 5.32 Å². The van der Waals surface area contributed by atoms with Gasteiger partial charge in [0.15, 0.2) is 0 Å². The third kappa shape index (κ3) is 4.37. The van der Waals surface area contributed by atoms with Crippen molar-refractivity contribution in [3.8, 4) is 0 Å². The summed E-state index contributed by atoms with van der Waals surface area (Å²) < 4.78 is 13.3. The zero-order chi connectivity index (χ0) is 11.3.